The Morgan fingerprint density at radius 3 is 2.48 bits per heavy atom. The summed E-state index contributed by atoms with van der Waals surface area (Å²) in [5.74, 6) is 8.24. The molecule has 148 valence electrons. The third-order valence-corrected chi connectivity index (χ3v) is 6.11. The van der Waals surface area contributed by atoms with E-state index in [2.05, 4.69) is 62.7 Å². The molecule has 0 bridgehead atoms. The molecule has 3 aromatic rings. The summed E-state index contributed by atoms with van der Waals surface area (Å²) in [6, 6.07) is 21.1. The summed E-state index contributed by atoms with van der Waals surface area (Å²) in [7, 11) is 0. The van der Waals surface area contributed by atoms with Crippen LogP contribution in [0, 0.1) is 11.8 Å². The SMILES string of the molecule is CC1CCCCN1CC#CCSc1nnc(-c2ccccc2)n1-c1ccccc1. The van der Waals surface area contributed by atoms with Gasteiger partial charge in [-0.25, -0.2) is 0 Å². The van der Waals surface area contributed by atoms with Gasteiger partial charge < -0.3 is 0 Å². The molecule has 0 amide bonds. The van der Waals surface area contributed by atoms with Crippen LogP contribution in [-0.4, -0.2) is 44.5 Å². The number of nitrogens with zero attached hydrogens (tertiary/aromatic N) is 4. The zero-order valence-electron chi connectivity index (χ0n) is 16.8. The first-order valence-corrected chi connectivity index (χ1v) is 11.2. The zero-order valence-corrected chi connectivity index (χ0v) is 17.6. The van der Waals surface area contributed by atoms with Crippen LogP contribution in [0.25, 0.3) is 17.1 Å². The topological polar surface area (TPSA) is 34.0 Å². The Bertz CT molecular complexity index is 972. The highest BCUT2D eigenvalue weighted by molar-refractivity contribution is 7.99. The summed E-state index contributed by atoms with van der Waals surface area (Å²) in [6.45, 7) is 4.34. The van der Waals surface area contributed by atoms with Gasteiger partial charge in [0.05, 0.1) is 12.3 Å². The molecule has 0 saturated carbocycles. The van der Waals surface area contributed by atoms with Crippen molar-refractivity contribution in [3.05, 3.63) is 60.7 Å². The lowest BCUT2D eigenvalue weighted by atomic mass is 10.0. The molecule has 29 heavy (non-hydrogen) atoms. The fourth-order valence-corrected chi connectivity index (χ4v) is 4.37. The maximum Gasteiger partial charge on any atom is 0.197 e. The molecule has 0 N–H and O–H groups in total. The lowest BCUT2D eigenvalue weighted by Gasteiger charge is -2.31. The Kier molecular flexibility index (Phi) is 6.66. The second kappa shape index (κ2) is 9.78. The van der Waals surface area contributed by atoms with Gasteiger partial charge in [-0.1, -0.05) is 78.6 Å². The highest BCUT2D eigenvalue weighted by Crippen LogP contribution is 2.27. The minimum absolute atomic E-state index is 0.653. The van der Waals surface area contributed by atoms with E-state index in [4.69, 9.17) is 0 Å². The molecule has 1 aliphatic rings. The zero-order chi connectivity index (χ0) is 19.9. The summed E-state index contributed by atoms with van der Waals surface area (Å²) in [6.07, 6.45) is 3.93. The maximum absolute atomic E-state index is 4.48. The molecule has 1 saturated heterocycles. The Labute approximate surface area is 177 Å². The minimum atomic E-state index is 0.653. The molecule has 1 fully saturated rings. The molecule has 4 rings (SSSR count). The summed E-state index contributed by atoms with van der Waals surface area (Å²) >= 11 is 1.64. The van der Waals surface area contributed by atoms with E-state index in [0.29, 0.717) is 11.8 Å². The van der Waals surface area contributed by atoms with Crippen LogP contribution in [0.15, 0.2) is 65.8 Å². The molecule has 5 heteroatoms. The van der Waals surface area contributed by atoms with Crippen molar-refractivity contribution < 1.29 is 0 Å². The highest BCUT2D eigenvalue weighted by atomic mass is 32.2. The Balaban J connectivity index is 1.49. The molecule has 0 radical (unpaired) electrons. The predicted octanol–water partition coefficient (Wildman–Crippen LogP) is 4.90. The van der Waals surface area contributed by atoms with Gasteiger partial charge in [-0.2, -0.15) is 0 Å². The van der Waals surface area contributed by atoms with Crippen LogP contribution in [0.4, 0.5) is 0 Å². The first kappa shape index (κ1) is 19.8. The molecule has 2 heterocycles. The van der Waals surface area contributed by atoms with Gasteiger partial charge >= 0.3 is 0 Å². The lowest BCUT2D eigenvalue weighted by Crippen LogP contribution is -2.37. The van der Waals surface area contributed by atoms with Crippen molar-refractivity contribution >= 4 is 11.8 Å². The van der Waals surface area contributed by atoms with Crippen molar-refractivity contribution in [3.63, 3.8) is 0 Å². The van der Waals surface area contributed by atoms with Gasteiger partial charge in [0.15, 0.2) is 11.0 Å². The predicted molar refractivity (Wildman–Crippen MR) is 120 cm³/mol. The number of benzene rings is 2. The van der Waals surface area contributed by atoms with E-state index in [1.165, 1.54) is 25.8 Å². The smallest absolute Gasteiger partial charge is 0.197 e. The number of likely N-dealkylation sites (tertiary alicyclic amines) is 1. The Morgan fingerprint density at radius 1 is 0.966 bits per heavy atom. The van der Waals surface area contributed by atoms with E-state index in [1.54, 1.807) is 11.8 Å². The Morgan fingerprint density at radius 2 is 1.72 bits per heavy atom. The first-order chi connectivity index (χ1) is 14.3. The molecule has 4 nitrogen and oxygen atoms in total. The van der Waals surface area contributed by atoms with E-state index in [-0.39, 0.29) is 0 Å². The number of piperidine rings is 1. The third kappa shape index (κ3) is 4.90. The maximum atomic E-state index is 4.48. The van der Waals surface area contributed by atoms with Crippen molar-refractivity contribution in [2.24, 2.45) is 0 Å². The molecule has 0 spiro atoms. The quantitative estimate of drug-likeness (QED) is 0.449. The van der Waals surface area contributed by atoms with Gasteiger partial charge in [-0.05, 0) is 38.4 Å². The van der Waals surface area contributed by atoms with Gasteiger partial charge in [0.1, 0.15) is 0 Å². The first-order valence-electron chi connectivity index (χ1n) is 10.2. The van der Waals surface area contributed by atoms with Crippen LogP contribution < -0.4 is 0 Å². The van der Waals surface area contributed by atoms with Crippen LogP contribution in [0.1, 0.15) is 26.2 Å². The van der Waals surface area contributed by atoms with E-state index in [1.807, 2.05) is 36.4 Å². The van der Waals surface area contributed by atoms with Crippen LogP contribution in [0.2, 0.25) is 0 Å². The van der Waals surface area contributed by atoms with E-state index in [0.717, 1.165) is 28.8 Å². The molecular formula is C24H26N4S. The molecule has 1 aromatic heterocycles. The van der Waals surface area contributed by atoms with Gasteiger partial charge in [0, 0.05) is 17.3 Å². The number of thioether (sulfide) groups is 1. The van der Waals surface area contributed by atoms with Crippen LogP contribution in [-0.2, 0) is 0 Å². The normalized spacial score (nSPS) is 16.9. The van der Waals surface area contributed by atoms with Crippen molar-refractivity contribution in [1.82, 2.24) is 19.7 Å². The largest absolute Gasteiger partial charge is 0.290 e. The van der Waals surface area contributed by atoms with Gasteiger partial charge in [-0.3, -0.25) is 9.47 Å². The number of para-hydroxylation sites is 1. The number of aromatic nitrogens is 3. The number of hydrogen-bond acceptors (Lipinski definition) is 4. The second-order valence-corrected chi connectivity index (χ2v) is 8.24. The average molecular weight is 403 g/mol. The summed E-state index contributed by atoms with van der Waals surface area (Å²) < 4.78 is 2.12. The summed E-state index contributed by atoms with van der Waals surface area (Å²) in [5.41, 5.74) is 2.12. The summed E-state index contributed by atoms with van der Waals surface area (Å²) in [5, 5.41) is 9.82. The van der Waals surface area contributed by atoms with Crippen molar-refractivity contribution in [3.8, 4) is 28.9 Å². The van der Waals surface area contributed by atoms with E-state index < -0.39 is 0 Å². The van der Waals surface area contributed by atoms with Crippen LogP contribution >= 0.6 is 11.8 Å². The van der Waals surface area contributed by atoms with Gasteiger partial charge in [0.25, 0.3) is 0 Å². The van der Waals surface area contributed by atoms with Crippen molar-refractivity contribution in [1.29, 1.82) is 0 Å². The fraction of sp³-hybridized carbons (Fsp3) is 0.333. The van der Waals surface area contributed by atoms with Gasteiger partial charge in [-0.15, -0.1) is 10.2 Å². The highest BCUT2D eigenvalue weighted by Gasteiger charge is 2.17. The van der Waals surface area contributed by atoms with Crippen molar-refractivity contribution in [2.45, 2.75) is 37.4 Å². The standard InChI is InChI=1S/C24H26N4S/c1-20-12-8-9-17-27(20)18-10-11-19-29-24-26-25-23(21-13-4-2-5-14-21)28(24)22-15-6-3-7-16-22/h2-7,13-16,20H,8-9,12,17-19H2,1H3. The molecule has 1 atom stereocenters. The lowest BCUT2D eigenvalue weighted by molar-refractivity contribution is 0.182. The number of rotatable bonds is 5. The second-order valence-electron chi connectivity index (χ2n) is 7.30. The van der Waals surface area contributed by atoms with Crippen LogP contribution in [0.5, 0.6) is 0 Å². The summed E-state index contributed by atoms with van der Waals surface area (Å²) in [4.78, 5) is 2.49. The monoisotopic (exact) mass is 402 g/mol. The van der Waals surface area contributed by atoms with E-state index >= 15 is 0 Å². The van der Waals surface area contributed by atoms with Gasteiger partial charge in [0.2, 0.25) is 0 Å². The van der Waals surface area contributed by atoms with E-state index in [9.17, 15) is 0 Å². The molecule has 0 aliphatic carbocycles. The molecule has 2 aromatic carbocycles. The fourth-order valence-electron chi connectivity index (χ4n) is 3.65. The molecular weight excluding hydrogens is 376 g/mol. The van der Waals surface area contributed by atoms with Crippen molar-refractivity contribution in [2.75, 3.05) is 18.8 Å². The minimum Gasteiger partial charge on any atom is -0.290 e. The average Bonchev–Trinajstić information content (AvgIpc) is 3.20. The molecule has 1 aliphatic heterocycles. The third-order valence-electron chi connectivity index (χ3n) is 5.30. The van der Waals surface area contributed by atoms with Crippen LogP contribution in [0.3, 0.4) is 0 Å². The number of hydrogen-bond donors (Lipinski definition) is 0. The molecule has 1 unspecified atom stereocenters. The Hall–Kier alpha value is -2.55.